The van der Waals surface area contributed by atoms with E-state index in [0.717, 1.165) is 41.8 Å². The van der Waals surface area contributed by atoms with Gasteiger partial charge < -0.3 is 15.3 Å². The first-order chi connectivity index (χ1) is 10.2. The maximum absolute atomic E-state index is 10.3. The fraction of sp³-hybridized carbons (Fsp3) is 0.600. The predicted octanol–water partition coefficient (Wildman–Crippen LogP) is 2.86. The number of aliphatic hydroxyl groups excluding tert-OH is 1. The van der Waals surface area contributed by atoms with E-state index in [9.17, 15) is 5.11 Å². The van der Waals surface area contributed by atoms with Crippen molar-refractivity contribution in [3.05, 3.63) is 11.4 Å². The van der Waals surface area contributed by atoms with E-state index in [1.807, 2.05) is 19.4 Å². The topological polar surface area (TPSA) is 61.3 Å². The highest BCUT2D eigenvalue weighted by molar-refractivity contribution is 7.16. The molecule has 0 spiro atoms. The summed E-state index contributed by atoms with van der Waals surface area (Å²) in [6.07, 6.45) is 3.92. The molecule has 2 aromatic rings. The van der Waals surface area contributed by atoms with E-state index in [2.05, 4.69) is 26.3 Å². The number of aliphatic hydroxyl groups is 1. The molecule has 0 aromatic carbocycles. The van der Waals surface area contributed by atoms with Crippen molar-refractivity contribution in [2.45, 2.75) is 44.8 Å². The van der Waals surface area contributed by atoms with Crippen LogP contribution >= 0.6 is 11.3 Å². The van der Waals surface area contributed by atoms with Crippen LogP contribution in [0, 0.1) is 0 Å². The van der Waals surface area contributed by atoms with Gasteiger partial charge in [0.15, 0.2) is 0 Å². The molecular formula is C15H22N4OS. The Kier molecular flexibility index (Phi) is 4.26. The van der Waals surface area contributed by atoms with Crippen molar-refractivity contribution < 1.29 is 5.11 Å². The number of nitrogens with zero attached hydrogens (tertiary/aromatic N) is 3. The molecule has 0 bridgehead atoms. The van der Waals surface area contributed by atoms with Gasteiger partial charge in [0.25, 0.3) is 0 Å². The molecule has 0 aliphatic heterocycles. The van der Waals surface area contributed by atoms with Gasteiger partial charge in [-0.25, -0.2) is 4.98 Å². The van der Waals surface area contributed by atoms with E-state index >= 15 is 0 Å². The SMILES string of the molecule is CCNc1nc(N(C)C2CCCCC2O)c2ccsc2n1. The summed E-state index contributed by atoms with van der Waals surface area (Å²) in [6.45, 7) is 2.84. The third-order valence-corrected chi connectivity index (χ3v) is 4.97. The van der Waals surface area contributed by atoms with E-state index in [-0.39, 0.29) is 12.1 Å². The molecule has 21 heavy (non-hydrogen) atoms. The molecule has 1 aliphatic carbocycles. The lowest BCUT2D eigenvalue weighted by Gasteiger charge is -2.36. The molecule has 2 N–H and O–H groups in total. The average Bonchev–Trinajstić information content (AvgIpc) is 2.95. The second-order valence-electron chi connectivity index (χ2n) is 5.57. The highest BCUT2D eigenvalue weighted by Gasteiger charge is 2.28. The Morgan fingerprint density at radius 2 is 2.19 bits per heavy atom. The number of fused-ring (bicyclic) bond motifs is 1. The minimum Gasteiger partial charge on any atom is -0.391 e. The van der Waals surface area contributed by atoms with Crippen LogP contribution in [0.25, 0.3) is 10.2 Å². The van der Waals surface area contributed by atoms with E-state index < -0.39 is 0 Å². The summed E-state index contributed by atoms with van der Waals surface area (Å²) >= 11 is 1.63. The third-order valence-electron chi connectivity index (χ3n) is 4.17. The molecule has 0 radical (unpaired) electrons. The van der Waals surface area contributed by atoms with Gasteiger partial charge >= 0.3 is 0 Å². The minimum absolute atomic E-state index is 0.145. The number of thiophene rings is 1. The highest BCUT2D eigenvalue weighted by atomic mass is 32.1. The lowest BCUT2D eigenvalue weighted by molar-refractivity contribution is 0.106. The van der Waals surface area contributed by atoms with Crippen molar-refractivity contribution in [3.8, 4) is 0 Å². The Balaban J connectivity index is 1.99. The number of aromatic nitrogens is 2. The second-order valence-corrected chi connectivity index (χ2v) is 6.47. The van der Waals surface area contributed by atoms with Crippen molar-refractivity contribution in [2.24, 2.45) is 0 Å². The highest BCUT2D eigenvalue weighted by Crippen LogP contribution is 2.32. The standard InChI is InChI=1S/C15H22N4OS/c1-3-16-15-17-13(10-8-9-21-14(10)18-15)19(2)11-6-4-5-7-12(11)20/h8-9,11-12,20H,3-7H2,1-2H3,(H,16,17,18). The summed E-state index contributed by atoms with van der Waals surface area (Å²) in [6, 6.07) is 2.21. The summed E-state index contributed by atoms with van der Waals surface area (Å²) in [5, 5.41) is 16.6. The molecule has 2 heterocycles. The van der Waals surface area contributed by atoms with Crippen LogP contribution in [-0.4, -0.2) is 40.8 Å². The van der Waals surface area contributed by atoms with E-state index in [4.69, 9.17) is 0 Å². The minimum atomic E-state index is -0.269. The first-order valence-corrected chi connectivity index (χ1v) is 8.48. The van der Waals surface area contributed by atoms with Crippen LogP contribution < -0.4 is 10.2 Å². The fourth-order valence-corrected chi connectivity index (χ4v) is 3.80. The second kappa shape index (κ2) is 6.15. The molecular weight excluding hydrogens is 284 g/mol. The van der Waals surface area contributed by atoms with E-state index in [0.29, 0.717) is 5.95 Å². The van der Waals surface area contributed by atoms with Crippen molar-refractivity contribution in [2.75, 3.05) is 23.8 Å². The first kappa shape index (κ1) is 14.5. The van der Waals surface area contributed by atoms with Gasteiger partial charge in [-0.3, -0.25) is 0 Å². The molecule has 2 aromatic heterocycles. The number of hydrogen-bond acceptors (Lipinski definition) is 6. The van der Waals surface area contributed by atoms with Crippen LogP contribution in [0.3, 0.4) is 0 Å². The maximum Gasteiger partial charge on any atom is 0.226 e. The monoisotopic (exact) mass is 306 g/mol. The van der Waals surface area contributed by atoms with Gasteiger partial charge in [0.2, 0.25) is 5.95 Å². The summed E-state index contributed by atoms with van der Waals surface area (Å²) in [7, 11) is 2.04. The Bertz CT molecular complexity index is 615. The van der Waals surface area contributed by atoms with Crippen LogP contribution in [0.1, 0.15) is 32.6 Å². The van der Waals surface area contributed by atoms with Gasteiger partial charge in [0, 0.05) is 13.6 Å². The van der Waals surface area contributed by atoms with Crippen LogP contribution in [0.4, 0.5) is 11.8 Å². The van der Waals surface area contributed by atoms with Crippen LogP contribution in [-0.2, 0) is 0 Å². The zero-order valence-corrected chi connectivity index (χ0v) is 13.4. The first-order valence-electron chi connectivity index (χ1n) is 7.60. The average molecular weight is 306 g/mol. The molecule has 5 nitrogen and oxygen atoms in total. The third kappa shape index (κ3) is 2.82. The lowest BCUT2D eigenvalue weighted by atomic mass is 9.91. The molecule has 2 atom stereocenters. The van der Waals surface area contributed by atoms with Crippen molar-refractivity contribution in [3.63, 3.8) is 0 Å². The smallest absolute Gasteiger partial charge is 0.226 e. The summed E-state index contributed by atoms with van der Waals surface area (Å²) in [4.78, 5) is 12.3. The zero-order chi connectivity index (χ0) is 14.8. The molecule has 0 saturated heterocycles. The summed E-state index contributed by atoms with van der Waals surface area (Å²) < 4.78 is 0. The van der Waals surface area contributed by atoms with Crippen molar-refractivity contribution >= 4 is 33.3 Å². The molecule has 1 aliphatic rings. The number of likely N-dealkylation sites (N-methyl/N-ethyl adjacent to an activating group) is 1. The molecule has 0 amide bonds. The molecule has 114 valence electrons. The Morgan fingerprint density at radius 3 is 2.95 bits per heavy atom. The van der Waals surface area contributed by atoms with E-state index in [1.54, 1.807) is 11.3 Å². The molecule has 2 unspecified atom stereocenters. The summed E-state index contributed by atoms with van der Waals surface area (Å²) in [5.41, 5.74) is 0. The van der Waals surface area contributed by atoms with Crippen LogP contribution in [0.2, 0.25) is 0 Å². The van der Waals surface area contributed by atoms with Crippen LogP contribution in [0.5, 0.6) is 0 Å². The lowest BCUT2D eigenvalue weighted by Crippen LogP contribution is -2.44. The fourth-order valence-electron chi connectivity index (χ4n) is 3.05. The van der Waals surface area contributed by atoms with Gasteiger partial charge in [0.05, 0.1) is 17.5 Å². The van der Waals surface area contributed by atoms with Crippen molar-refractivity contribution in [1.82, 2.24) is 9.97 Å². The number of nitrogens with one attached hydrogen (secondary N) is 1. The quantitative estimate of drug-likeness (QED) is 0.909. The summed E-state index contributed by atoms with van der Waals surface area (Å²) in [5.74, 6) is 1.59. The van der Waals surface area contributed by atoms with Gasteiger partial charge in [-0.1, -0.05) is 12.8 Å². The number of hydrogen-bond donors (Lipinski definition) is 2. The Morgan fingerprint density at radius 1 is 1.38 bits per heavy atom. The largest absolute Gasteiger partial charge is 0.391 e. The molecule has 6 heteroatoms. The Labute approximate surface area is 129 Å². The normalized spacial score (nSPS) is 22.4. The predicted molar refractivity (Wildman–Crippen MR) is 88.2 cm³/mol. The zero-order valence-electron chi connectivity index (χ0n) is 12.5. The molecule has 1 fully saturated rings. The van der Waals surface area contributed by atoms with Crippen LogP contribution in [0.15, 0.2) is 11.4 Å². The van der Waals surface area contributed by atoms with Gasteiger partial charge in [-0.2, -0.15) is 4.98 Å². The number of rotatable bonds is 4. The van der Waals surface area contributed by atoms with Crippen molar-refractivity contribution in [1.29, 1.82) is 0 Å². The van der Waals surface area contributed by atoms with Gasteiger partial charge in [-0.05, 0) is 31.2 Å². The molecule has 1 saturated carbocycles. The maximum atomic E-state index is 10.3. The Hall–Kier alpha value is -1.40. The number of anilines is 2. The van der Waals surface area contributed by atoms with E-state index in [1.165, 1.54) is 6.42 Å². The van der Waals surface area contributed by atoms with Gasteiger partial charge in [0.1, 0.15) is 10.6 Å². The van der Waals surface area contributed by atoms with Gasteiger partial charge in [-0.15, -0.1) is 11.3 Å². The molecule has 3 rings (SSSR count).